The number of rotatable bonds is 11. The maximum absolute atomic E-state index is 12.8. The molecule has 2 aromatic heterocycles. The van der Waals surface area contributed by atoms with Crippen molar-refractivity contribution in [2.24, 2.45) is 0 Å². The second kappa shape index (κ2) is 10.4. The molecule has 0 atom stereocenters. The van der Waals surface area contributed by atoms with E-state index in [2.05, 4.69) is 9.97 Å². The van der Waals surface area contributed by atoms with E-state index in [1.807, 2.05) is 0 Å². The summed E-state index contributed by atoms with van der Waals surface area (Å²) in [5.41, 5.74) is 1.13. The van der Waals surface area contributed by atoms with Gasteiger partial charge in [0.05, 0.1) is 48.4 Å². The zero-order valence-corrected chi connectivity index (χ0v) is 18.3. The minimum Gasteiger partial charge on any atom is -0.305 e. The molecule has 10 heteroatoms. The molecule has 0 aliphatic heterocycles. The van der Waals surface area contributed by atoms with Crippen LogP contribution in [0.5, 0.6) is 0 Å². The molecule has 8 nitrogen and oxygen atoms in total. The first-order valence-corrected chi connectivity index (χ1v) is 12.2. The van der Waals surface area contributed by atoms with Gasteiger partial charge < -0.3 is 18.1 Å². The topological polar surface area (TPSA) is 96.8 Å². The van der Waals surface area contributed by atoms with Crippen LogP contribution >= 0.6 is 15.2 Å². The van der Waals surface area contributed by atoms with Gasteiger partial charge in [-0.2, -0.15) is 0 Å². The Morgan fingerprint density at radius 2 is 0.964 bits per heavy atom. The van der Waals surface area contributed by atoms with Gasteiger partial charge in [0, 0.05) is 12.4 Å². The third kappa shape index (κ3) is 5.35. The Kier molecular flexibility index (Phi) is 8.50. The van der Waals surface area contributed by atoms with Crippen LogP contribution in [0.25, 0.3) is 11.4 Å². The first kappa shape index (κ1) is 22.9. The summed E-state index contributed by atoms with van der Waals surface area (Å²) in [4.78, 5) is 8.64. The molecule has 28 heavy (non-hydrogen) atoms. The van der Waals surface area contributed by atoms with E-state index in [1.165, 1.54) is 12.4 Å². The van der Waals surface area contributed by atoms with E-state index >= 15 is 0 Å². The minimum atomic E-state index is -3.38. The minimum absolute atomic E-state index is 0.266. The lowest BCUT2D eigenvalue weighted by Crippen LogP contribution is -2.12. The second-order valence-electron chi connectivity index (χ2n) is 5.47. The van der Waals surface area contributed by atoms with Crippen LogP contribution in [0.1, 0.15) is 27.7 Å². The number of nitrogens with zero attached hydrogens (tertiary/aromatic N) is 2. The Morgan fingerprint density at radius 1 is 0.643 bits per heavy atom. The van der Waals surface area contributed by atoms with Gasteiger partial charge in [-0.15, -0.1) is 0 Å². The molecule has 0 spiro atoms. The first-order valence-electron chi connectivity index (χ1n) is 9.14. The predicted octanol–water partition coefficient (Wildman–Crippen LogP) is 3.93. The number of aromatic nitrogens is 2. The van der Waals surface area contributed by atoms with Crippen LogP contribution in [0.3, 0.4) is 0 Å². The normalized spacial score (nSPS) is 12.3. The van der Waals surface area contributed by atoms with Gasteiger partial charge in [-0.1, -0.05) is 0 Å². The highest BCUT2D eigenvalue weighted by Crippen LogP contribution is 2.47. The van der Waals surface area contributed by atoms with Crippen LogP contribution in [0.15, 0.2) is 36.7 Å². The van der Waals surface area contributed by atoms with Crippen LogP contribution in [0.2, 0.25) is 0 Å². The van der Waals surface area contributed by atoms with Crippen molar-refractivity contribution >= 4 is 25.8 Å². The number of hydrogen-bond acceptors (Lipinski definition) is 8. The average molecular weight is 428 g/mol. The van der Waals surface area contributed by atoms with Gasteiger partial charge >= 0.3 is 15.2 Å². The van der Waals surface area contributed by atoms with Gasteiger partial charge in [0.15, 0.2) is 0 Å². The highest BCUT2D eigenvalue weighted by molar-refractivity contribution is 7.62. The fraction of sp³-hybridized carbons (Fsp3) is 0.444. The van der Waals surface area contributed by atoms with Crippen molar-refractivity contribution in [2.75, 3.05) is 26.4 Å². The number of pyridine rings is 2. The summed E-state index contributed by atoms with van der Waals surface area (Å²) in [6.07, 6.45) is 2.92. The molecule has 0 aliphatic rings. The molecule has 2 rings (SSSR count). The average Bonchev–Trinajstić information content (AvgIpc) is 2.69. The summed E-state index contributed by atoms with van der Waals surface area (Å²) >= 11 is 0. The summed E-state index contributed by atoms with van der Waals surface area (Å²) in [6.45, 7) is 8.07. The van der Waals surface area contributed by atoms with Gasteiger partial charge in [-0.05, 0) is 52.0 Å². The summed E-state index contributed by atoms with van der Waals surface area (Å²) in [7, 11) is -6.76. The van der Waals surface area contributed by atoms with Crippen molar-refractivity contribution in [1.82, 2.24) is 9.97 Å². The molecule has 0 amide bonds. The Balaban J connectivity index is 2.27. The van der Waals surface area contributed by atoms with Crippen molar-refractivity contribution in [1.29, 1.82) is 0 Å². The van der Waals surface area contributed by atoms with Crippen LogP contribution in [0.4, 0.5) is 0 Å². The van der Waals surface area contributed by atoms with Gasteiger partial charge in [-0.3, -0.25) is 19.1 Å². The lowest BCUT2D eigenvalue weighted by Gasteiger charge is -2.17. The van der Waals surface area contributed by atoms with E-state index in [9.17, 15) is 9.13 Å². The van der Waals surface area contributed by atoms with Crippen LogP contribution in [0, 0.1) is 0 Å². The molecular formula is C18H26N2O6P2. The molecule has 2 aromatic rings. The molecular weight excluding hydrogens is 402 g/mol. The van der Waals surface area contributed by atoms with Gasteiger partial charge in [0.25, 0.3) is 0 Å². The van der Waals surface area contributed by atoms with Crippen LogP contribution in [-0.2, 0) is 27.2 Å². The lowest BCUT2D eigenvalue weighted by molar-refractivity contribution is 0.229. The molecule has 0 bridgehead atoms. The maximum Gasteiger partial charge on any atom is 0.362 e. The summed E-state index contributed by atoms with van der Waals surface area (Å²) < 4.78 is 46.8. The van der Waals surface area contributed by atoms with Gasteiger partial charge in [0.1, 0.15) is 0 Å². The fourth-order valence-electron chi connectivity index (χ4n) is 2.45. The van der Waals surface area contributed by atoms with E-state index in [0.29, 0.717) is 22.0 Å². The molecule has 2 heterocycles. The summed E-state index contributed by atoms with van der Waals surface area (Å²) in [6, 6.07) is 6.67. The zero-order chi connectivity index (χ0) is 20.6. The molecule has 0 unspecified atom stereocenters. The number of hydrogen-bond donors (Lipinski definition) is 0. The summed E-state index contributed by atoms with van der Waals surface area (Å²) in [5.74, 6) is 0. The molecule has 0 N–H and O–H groups in total. The molecule has 0 saturated carbocycles. The second-order valence-corrected chi connectivity index (χ2v) is 9.52. The van der Waals surface area contributed by atoms with Crippen molar-refractivity contribution in [2.45, 2.75) is 27.7 Å². The Bertz CT molecular complexity index is 751. The van der Waals surface area contributed by atoms with E-state index in [-0.39, 0.29) is 26.4 Å². The molecule has 0 fully saturated rings. The third-order valence-corrected chi connectivity index (χ3v) is 7.77. The highest BCUT2D eigenvalue weighted by atomic mass is 31.2. The first-order chi connectivity index (χ1) is 13.4. The molecule has 0 aliphatic carbocycles. The molecule has 0 aromatic carbocycles. The Labute approximate surface area is 165 Å². The van der Waals surface area contributed by atoms with Crippen molar-refractivity contribution in [3.05, 3.63) is 36.7 Å². The van der Waals surface area contributed by atoms with Crippen LogP contribution in [-0.4, -0.2) is 36.4 Å². The van der Waals surface area contributed by atoms with E-state index < -0.39 is 15.2 Å². The zero-order valence-electron chi connectivity index (χ0n) is 16.5. The smallest absolute Gasteiger partial charge is 0.305 e. The third-order valence-electron chi connectivity index (χ3n) is 3.59. The van der Waals surface area contributed by atoms with E-state index in [0.717, 1.165) is 0 Å². The largest absolute Gasteiger partial charge is 0.362 e. The van der Waals surface area contributed by atoms with Gasteiger partial charge in [-0.25, -0.2) is 0 Å². The monoisotopic (exact) mass is 428 g/mol. The van der Waals surface area contributed by atoms with Gasteiger partial charge in [0.2, 0.25) is 0 Å². The lowest BCUT2D eigenvalue weighted by atomic mass is 10.2. The van der Waals surface area contributed by atoms with E-state index in [4.69, 9.17) is 18.1 Å². The van der Waals surface area contributed by atoms with Crippen molar-refractivity contribution in [3.63, 3.8) is 0 Å². The standard InChI is InChI=1S/C18H26N2O6P2/c1-5-23-27(21,24-6-2)15-9-11-17(19-13-15)18-12-10-16(14-20-18)28(22,25-7-3)26-8-4/h9-14H,5-8H2,1-4H3. The van der Waals surface area contributed by atoms with Crippen LogP contribution < -0.4 is 10.6 Å². The predicted molar refractivity (Wildman–Crippen MR) is 108 cm³/mol. The quantitative estimate of drug-likeness (QED) is 0.497. The molecule has 0 saturated heterocycles. The highest BCUT2D eigenvalue weighted by Gasteiger charge is 2.28. The fourth-order valence-corrected chi connectivity index (χ4v) is 5.47. The SMILES string of the molecule is CCOP(=O)(OCC)c1ccc(-c2ccc(P(=O)(OCC)OCC)cn2)nc1. The van der Waals surface area contributed by atoms with E-state index in [1.54, 1.807) is 52.0 Å². The molecule has 0 radical (unpaired) electrons. The Morgan fingerprint density at radius 3 is 1.18 bits per heavy atom. The molecule has 154 valence electrons. The maximum atomic E-state index is 12.8. The van der Waals surface area contributed by atoms with Crippen molar-refractivity contribution < 1.29 is 27.2 Å². The van der Waals surface area contributed by atoms with Crippen molar-refractivity contribution in [3.8, 4) is 11.4 Å². The Hall–Kier alpha value is -1.40. The summed E-state index contributed by atoms with van der Waals surface area (Å²) in [5, 5.41) is 0.766.